The lowest BCUT2D eigenvalue weighted by atomic mass is 10.1. The Morgan fingerprint density at radius 3 is 2.68 bits per heavy atom. The average Bonchev–Trinajstić information content (AvgIpc) is 3.14. The highest BCUT2D eigenvalue weighted by Gasteiger charge is 2.28. The molecule has 0 bridgehead atoms. The second kappa shape index (κ2) is 8.41. The van der Waals surface area contributed by atoms with Gasteiger partial charge in [-0.2, -0.15) is 0 Å². The summed E-state index contributed by atoms with van der Waals surface area (Å²) in [5, 5.41) is 12.2. The van der Waals surface area contributed by atoms with Crippen molar-refractivity contribution in [1.82, 2.24) is 9.97 Å². The molecule has 0 aliphatic rings. The van der Waals surface area contributed by atoms with Gasteiger partial charge < -0.3 is 0 Å². The average molecular weight is 453 g/mol. The number of aryl methyl sites for hydroxylation is 2. The lowest BCUT2D eigenvalue weighted by Crippen LogP contribution is -2.31. The number of aromatic nitrogens is 2. The molecule has 2 aromatic carbocycles. The summed E-state index contributed by atoms with van der Waals surface area (Å²) in [6, 6.07) is 11.6. The molecule has 0 radical (unpaired) electrons. The molecule has 4 aromatic rings. The minimum atomic E-state index is -0.586. The molecule has 2 heterocycles. The number of hydrogen-bond acceptors (Lipinski definition) is 6. The van der Waals surface area contributed by atoms with Crippen molar-refractivity contribution in [2.75, 3.05) is 4.90 Å². The number of nitro groups is 1. The van der Waals surface area contributed by atoms with E-state index in [2.05, 4.69) is 9.97 Å². The number of hydrogen-bond donors (Lipinski definition) is 0. The number of nitro benzene ring substituents is 1. The van der Waals surface area contributed by atoms with E-state index < -0.39 is 10.8 Å². The van der Waals surface area contributed by atoms with Crippen LogP contribution in [0.5, 0.6) is 0 Å². The zero-order chi connectivity index (χ0) is 22.1. The van der Waals surface area contributed by atoms with E-state index in [0.29, 0.717) is 5.13 Å². The van der Waals surface area contributed by atoms with Crippen LogP contribution in [-0.2, 0) is 6.54 Å². The summed E-state index contributed by atoms with van der Waals surface area (Å²) in [5.74, 6) is -0.550. The topological polar surface area (TPSA) is 89.2 Å². The van der Waals surface area contributed by atoms with E-state index in [1.165, 1.54) is 34.4 Å². The smallest absolute Gasteiger partial charge is 0.279 e. The van der Waals surface area contributed by atoms with Crippen LogP contribution >= 0.6 is 22.9 Å². The summed E-state index contributed by atoms with van der Waals surface area (Å²) < 4.78 is 0.933. The van der Waals surface area contributed by atoms with Crippen LogP contribution in [0, 0.1) is 24.0 Å². The summed E-state index contributed by atoms with van der Waals surface area (Å²) >= 11 is 7.42. The molecule has 2 aromatic heterocycles. The van der Waals surface area contributed by atoms with Gasteiger partial charge in [0.1, 0.15) is 5.56 Å². The molecule has 0 N–H and O–H groups in total. The third kappa shape index (κ3) is 4.26. The normalized spacial score (nSPS) is 10.9. The largest absolute Gasteiger partial charge is 0.282 e. The van der Waals surface area contributed by atoms with Crippen LogP contribution in [-0.4, -0.2) is 20.8 Å². The third-order valence-electron chi connectivity index (χ3n) is 4.92. The van der Waals surface area contributed by atoms with Gasteiger partial charge in [0.2, 0.25) is 0 Å². The van der Waals surface area contributed by atoms with Crippen molar-refractivity contribution in [2.45, 2.75) is 20.4 Å². The van der Waals surface area contributed by atoms with E-state index in [4.69, 9.17) is 11.6 Å². The van der Waals surface area contributed by atoms with Gasteiger partial charge in [0.25, 0.3) is 11.6 Å². The fourth-order valence-corrected chi connectivity index (χ4v) is 4.38. The van der Waals surface area contributed by atoms with E-state index in [1.54, 1.807) is 18.5 Å². The molecule has 0 saturated carbocycles. The van der Waals surface area contributed by atoms with Crippen LogP contribution in [0.3, 0.4) is 0 Å². The predicted molar refractivity (Wildman–Crippen MR) is 122 cm³/mol. The van der Waals surface area contributed by atoms with E-state index in [9.17, 15) is 14.9 Å². The molecule has 7 nitrogen and oxygen atoms in total. The number of pyridine rings is 1. The second-order valence-electron chi connectivity index (χ2n) is 7.07. The fourth-order valence-electron chi connectivity index (χ4n) is 3.17. The van der Waals surface area contributed by atoms with Gasteiger partial charge in [0.05, 0.1) is 21.7 Å². The molecule has 4 rings (SSSR count). The van der Waals surface area contributed by atoms with Crippen LogP contribution in [0.25, 0.3) is 10.2 Å². The van der Waals surface area contributed by atoms with Gasteiger partial charge in [-0.05, 0) is 60.9 Å². The van der Waals surface area contributed by atoms with Crippen molar-refractivity contribution in [3.05, 3.63) is 92.2 Å². The number of amides is 1. The van der Waals surface area contributed by atoms with Gasteiger partial charge in [0, 0.05) is 23.5 Å². The number of carbonyl (C=O) groups is 1. The number of thiazole rings is 1. The van der Waals surface area contributed by atoms with Gasteiger partial charge in [-0.15, -0.1) is 0 Å². The number of rotatable bonds is 5. The zero-order valence-electron chi connectivity index (χ0n) is 16.7. The van der Waals surface area contributed by atoms with Crippen molar-refractivity contribution < 1.29 is 9.72 Å². The van der Waals surface area contributed by atoms with Gasteiger partial charge in [-0.1, -0.05) is 29.0 Å². The molecule has 1 amide bonds. The summed E-state index contributed by atoms with van der Waals surface area (Å²) in [6.07, 6.45) is 3.29. The van der Waals surface area contributed by atoms with E-state index in [-0.39, 0.29) is 22.8 Å². The summed E-state index contributed by atoms with van der Waals surface area (Å²) in [7, 11) is 0. The number of fused-ring (bicyclic) bond motifs is 1. The first-order chi connectivity index (χ1) is 14.8. The maximum atomic E-state index is 13.5. The molecule has 0 saturated heterocycles. The van der Waals surface area contributed by atoms with E-state index in [1.807, 2.05) is 32.0 Å². The Morgan fingerprint density at radius 2 is 1.97 bits per heavy atom. The minimum Gasteiger partial charge on any atom is -0.279 e. The van der Waals surface area contributed by atoms with Gasteiger partial charge in [-0.25, -0.2) is 4.98 Å². The Hall–Kier alpha value is -3.36. The quantitative estimate of drug-likeness (QED) is 0.285. The summed E-state index contributed by atoms with van der Waals surface area (Å²) in [4.78, 5) is 34.7. The fraction of sp³-hybridized carbons (Fsp3) is 0.136. The van der Waals surface area contributed by atoms with Crippen LogP contribution in [0.4, 0.5) is 10.8 Å². The highest BCUT2D eigenvalue weighted by molar-refractivity contribution is 7.22. The summed E-state index contributed by atoms with van der Waals surface area (Å²) in [6.45, 7) is 4.18. The standard InChI is InChI=1S/C22H17ClN4O3S/c1-13-8-18-20(9-14(13)2)31-22(25-18)26(12-15-4-3-7-24-11-15)21(28)17-10-16(23)5-6-19(17)27(29)30/h3-11H,12H2,1-2H3. The van der Waals surface area contributed by atoms with Gasteiger partial charge in [-0.3, -0.25) is 24.8 Å². The van der Waals surface area contributed by atoms with Crippen LogP contribution in [0.1, 0.15) is 27.0 Å². The number of benzene rings is 2. The van der Waals surface area contributed by atoms with Gasteiger partial charge >= 0.3 is 0 Å². The van der Waals surface area contributed by atoms with Crippen molar-refractivity contribution in [1.29, 1.82) is 0 Å². The number of carbonyl (C=O) groups excluding carboxylic acids is 1. The molecule has 31 heavy (non-hydrogen) atoms. The first-order valence-corrected chi connectivity index (χ1v) is 10.6. The summed E-state index contributed by atoms with van der Waals surface area (Å²) in [5.41, 5.74) is 3.37. The van der Waals surface area contributed by atoms with Crippen LogP contribution < -0.4 is 4.90 Å². The van der Waals surface area contributed by atoms with E-state index >= 15 is 0 Å². The molecular formula is C22H17ClN4O3S. The Kier molecular flexibility index (Phi) is 5.67. The van der Waals surface area contributed by atoms with Gasteiger partial charge in [0.15, 0.2) is 5.13 Å². The highest BCUT2D eigenvalue weighted by atomic mass is 35.5. The minimum absolute atomic E-state index is 0.0898. The van der Waals surface area contributed by atoms with Crippen molar-refractivity contribution in [2.24, 2.45) is 0 Å². The lowest BCUT2D eigenvalue weighted by molar-refractivity contribution is -0.385. The maximum absolute atomic E-state index is 13.5. The Morgan fingerprint density at radius 1 is 1.19 bits per heavy atom. The molecule has 0 fully saturated rings. The molecule has 0 aliphatic heterocycles. The monoisotopic (exact) mass is 452 g/mol. The number of nitrogens with zero attached hydrogens (tertiary/aromatic N) is 4. The van der Waals surface area contributed by atoms with Crippen molar-refractivity contribution in [3.63, 3.8) is 0 Å². The number of halogens is 1. The molecule has 0 atom stereocenters. The van der Waals surface area contributed by atoms with Crippen molar-refractivity contribution >= 4 is 49.9 Å². The number of anilines is 1. The van der Waals surface area contributed by atoms with Crippen LogP contribution in [0.2, 0.25) is 5.02 Å². The first-order valence-electron chi connectivity index (χ1n) is 9.36. The van der Waals surface area contributed by atoms with Crippen molar-refractivity contribution in [3.8, 4) is 0 Å². The molecule has 156 valence electrons. The first kappa shape index (κ1) is 20.9. The third-order valence-corrected chi connectivity index (χ3v) is 6.19. The molecule has 9 heteroatoms. The highest BCUT2D eigenvalue weighted by Crippen LogP contribution is 2.34. The Labute approximate surface area is 187 Å². The predicted octanol–water partition coefficient (Wildman–Crippen LogP) is 5.72. The molecular weight excluding hydrogens is 436 g/mol. The second-order valence-corrected chi connectivity index (χ2v) is 8.52. The Balaban J connectivity index is 1.85. The molecule has 0 unspecified atom stereocenters. The SMILES string of the molecule is Cc1cc2nc(N(Cc3cccnc3)C(=O)c3cc(Cl)ccc3[N+](=O)[O-])sc2cc1C. The Bertz CT molecular complexity index is 1270. The molecule has 0 spiro atoms. The lowest BCUT2D eigenvalue weighted by Gasteiger charge is -2.20. The molecule has 0 aliphatic carbocycles. The zero-order valence-corrected chi connectivity index (χ0v) is 18.3. The van der Waals surface area contributed by atoms with E-state index in [0.717, 1.165) is 26.9 Å². The van der Waals surface area contributed by atoms with Crippen LogP contribution in [0.15, 0.2) is 54.9 Å². The maximum Gasteiger partial charge on any atom is 0.282 e.